The maximum Gasteiger partial charge on any atom is 0.412 e. The van der Waals surface area contributed by atoms with Crippen molar-refractivity contribution in [3.63, 3.8) is 0 Å². The molecule has 1 amide bonds. The smallest absolute Gasteiger partial charge is 0.412 e. The molecule has 1 aromatic rings. The normalized spacial score (nSPS) is 27.1. The summed E-state index contributed by atoms with van der Waals surface area (Å²) in [6, 6.07) is 0. The Morgan fingerprint density at radius 2 is 2.20 bits per heavy atom. The number of hydrogen-bond donors (Lipinski definition) is 3. The van der Waals surface area contributed by atoms with Gasteiger partial charge in [0.1, 0.15) is 12.2 Å². The molecule has 0 aliphatic carbocycles. The number of amides is 1. The highest BCUT2D eigenvalue weighted by molar-refractivity contribution is 5.83. The fourth-order valence-electron chi connectivity index (χ4n) is 2.24. The highest BCUT2D eigenvalue weighted by atomic mass is 19.1. The third-order valence-corrected chi connectivity index (χ3v) is 4.07. The van der Waals surface area contributed by atoms with Crippen LogP contribution in [-0.2, 0) is 9.47 Å². The van der Waals surface area contributed by atoms with E-state index in [0.717, 1.165) is 17.2 Å². The number of ether oxygens (including phenoxy) is 2. The number of carbonyl (C=O) groups is 1. The molecule has 25 heavy (non-hydrogen) atoms. The molecule has 5 atom stereocenters. The van der Waals surface area contributed by atoms with E-state index >= 15 is 0 Å². The van der Waals surface area contributed by atoms with Crippen LogP contribution in [0.3, 0.4) is 0 Å². The Morgan fingerprint density at radius 1 is 1.52 bits per heavy atom. The van der Waals surface area contributed by atoms with Gasteiger partial charge in [0, 0.05) is 0 Å². The van der Waals surface area contributed by atoms with Crippen molar-refractivity contribution >= 4 is 11.9 Å². The number of aromatic nitrogens is 2. The molecule has 1 aromatic heterocycles. The van der Waals surface area contributed by atoms with E-state index in [1.807, 2.05) is 13.8 Å². The molecule has 0 radical (unpaired) electrons. The second-order valence-corrected chi connectivity index (χ2v) is 6.08. The topological polar surface area (TPSA) is 123 Å². The lowest BCUT2D eigenvalue weighted by Crippen LogP contribution is -2.36. The van der Waals surface area contributed by atoms with Crippen LogP contribution in [0.25, 0.3) is 0 Å². The van der Waals surface area contributed by atoms with Crippen LogP contribution in [0.15, 0.2) is 11.0 Å². The summed E-state index contributed by atoms with van der Waals surface area (Å²) < 4.78 is 25.0. The van der Waals surface area contributed by atoms with E-state index in [1.165, 1.54) is 6.92 Å². The molecule has 2 heterocycles. The quantitative estimate of drug-likeness (QED) is 0.704. The van der Waals surface area contributed by atoms with Gasteiger partial charge in [-0.2, -0.15) is 4.98 Å². The number of aliphatic hydroxyl groups is 2. The first kappa shape index (κ1) is 19.3. The van der Waals surface area contributed by atoms with Crippen LogP contribution >= 0.6 is 0 Å². The standard InChI is InChI=1S/C15H22FN3O6/c1-4-7(2)6-24-15(23)18-12-9(16)5-19(14(22)17-12)13-11(21)10(20)8(3)25-13/h5,7-8,10-11,13,20-21H,4,6H2,1-3H3,(H,17,18,22,23)/t7-,8+,10+,11-,13+/m0/s1. The largest absolute Gasteiger partial charge is 0.449 e. The van der Waals surface area contributed by atoms with Gasteiger partial charge in [0.15, 0.2) is 17.9 Å². The Morgan fingerprint density at radius 3 is 2.76 bits per heavy atom. The molecule has 1 fully saturated rings. The molecule has 9 nitrogen and oxygen atoms in total. The second kappa shape index (κ2) is 7.89. The summed E-state index contributed by atoms with van der Waals surface area (Å²) in [6.45, 7) is 5.48. The molecule has 1 saturated heterocycles. The van der Waals surface area contributed by atoms with Crippen LogP contribution in [0.5, 0.6) is 0 Å². The van der Waals surface area contributed by atoms with Gasteiger partial charge >= 0.3 is 11.8 Å². The maximum atomic E-state index is 14.1. The van der Waals surface area contributed by atoms with Crippen molar-refractivity contribution in [1.29, 1.82) is 0 Å². The Kier molecular flexibility index (Phi) is 6.09. The van der Waals surface area contributed by atoms with Gasteiger partial charge in [-0.05, 0) is 12.8 Å². The number of halogens is 1. The molecule has 0 saturated carbocycles. The summed E-state index contributed by atoms with van der Waals surface area (Å²) in [7, 11) is 0. The number of nitrogens with one attached hydrogen (secondary N) is 1. The third kappa shape index (κ3) is 4.33. The SMILES string of the molecule is CC[C@H](C)COC(=O)Nc1nc(=O)n([C@@H]2O[C@H](C)[C@@H](O)[C@@H]2O)cc1F. The fraction of sp³-hybridized carbons (Fsp3) is 0.667. The van der Waals surface area contributed by atoms with Crippen molar-refractivity contribution in [1.82, 2.24) is 9.55 Å². The minimum atomic E-state index is -1.41. The number of carbonyl (C=O) groups excluding carboxylic acids is 1. The Bertz CT molecular complexity index is 682. The number of rotatable bonds is 5. The molecule has 0 spiro atoms. The van der Waals surface area contributed by atoms with E-state index in [9.17, 15) is 24.2 Å². The zero-order valence-electron chi connectivity index (χ0n) is 14.2. The van der Waals surface area contributed by atoms with Crippen LogP contribution in [0, 0.1) is 11.7 Å². The summed E-state index contributed by atoms with van der Waals surface area (Å²) in [4.78, 5) is 27.1. The molecule has 1 aliphatic heterocycles. The minimum Gasteiger partial charge on any atom is -0.449 e. The predicted octanol–water partition coefficient (Wildman–Crippen LogP) is 0.616. The van der Waals surface area contributed by atoms with E-state index in [-0.39, 0.29) is 12.5 Å². The summed E-state index contributed by atoms with van der Waals surface area (Å²) in [5, 5.41) is 21.6. The van der Waals surface area contributed by atoms with Crippen molar-refractivity contribution in [2.24, 2.45) is 5.92 Å². The van der Waals surface area contributed by atoms with Gasteiger partial charge in [0.25, 0.3) is 0 Å². The predicted molar refractivity (Wildman–Crippen MR) is 84.5 cm³/mol. The van der Waals surface area contributed by atoms with Gasteiger partial charge in [-0.1, -0.05) is 20.3 Å². The van der Waals surface area contributed by atoms with Crippen molar-refractivity contribution in [2.45, 2.75) is 51.7 Å². The van der Waals surface area contributed by atoms with E-state index in [4.69, 9.17) is 9.47 Å². The average molecular weight is 359 g/mol. The molecule has 2 rings (SSSR count). The van der Waals surface area contributed by atoms with Crippen molar-refractivity contribution in [3.05, 3.63) is 22.5 Å². The van der Waals surface area contributed by atoms with Gasteiger partial charge in [0.2, 0.25) is 0 Å². The molecular formula is C15H22FN3O6. The number of hydrogen-bond acceptors (Lipinski definition) is 7. The average Bonchev–Trinajstić information content (AvgIpc) is 2.83. The van der Waals surface area contributed by atoms with E-state index in [1.54, 1.807) is 0 Å². The lowest BCUT2D eigenvalue weighted by Gasteiger charge is -2.17. The second-order valence-electron chi connectivity index (χ2n) is 6.08. The number of anilines is 1. The first-order chi connectivity index (χ1) is 11.7. The maximum absolute atomic E-state index is 14.1. The Labute approximate surface area is 143 Å². The first-order valence-electron chi connectivity index (χ1n) is 7.98. The van der Waals surface area contributed by atoms with E-state index in [2.05, 4.69) is 10.3 Å². The highest BCUT2D eigenvalue weighted by Gasteiger charge is 2.42. The lowest BCUT2D eigenvalue weighted by atomic mass is 10.1. The van der Waals surface area contributed by atoms with Crippen LogP contribution < -0.4 is 11.0 Å². The molecular weight excluding hydrogens is 337 g/mol. The van der Waals surface area contributed by atoms with Crippen LogP contribution in [-0.4, -0.2) is 50.8 Å². The summed E-state index contributed by atoms with van der Waals surface area (Å²) in [6.07, 6.45) is -4.00. The monoisotopic (exact) mass is 359 g/mol. The molecule has 0 bridgehead atoms. The summed E-state index contributed by atoms with van der Waals surface area (Å²) >= 11 is 0. The van der Waals surface area contributed by atoms with Crippen molar-refractivity contribution in [3.8, 4) is 0 Å². The lowest BCUT2D eigenvalue weighted by molar-refractivity contribution is -0.0355. The minimum absolute atomic E-state index is 0.144. The van der Waals surface area contributed by atoms with E-state index < -0.39 is 48.0 Å². The highest BCUT2D eigenvalue weighted by Crippen LogP contribution is 2.28. The Balaban J connectivity index is 2.12. The van der Waals surface area contributed by atoms with Gasteiger partial charge in [-0.3, -0.25) is 9.88 Å². The van der Waals surface area contributed by atoms with Crippen molar-refractivity contribution in [2.75, 3.05) is 11.9 Å². The molecule has 1 aliphatic rings. The van der Waals surface area contributed by atoms with E-state index in [0.29, 0.717) is 0 Å². The van der Waals surface area contributed by atoms with Gasteiger partial charge in [-0.25, -0.2) is 14.0 Å². The van der Waals surface area contributed by atoms with Crippen molar-refractivity contribution < 1.29 is 28.9 Å². The zero-order valence-corrected chi connectivity index (χ0v) is 14.2. The first-order valence-corrected chi connectivity index (χ1v) is 7.98. The number of nitrogens with zero attached hydrogens (tertiary/aromatic N) is 2. The fourth-order valence-corrected chi connectivity index (χ4v) is 2.24. The Hall–Kier alpha value is -2.04. The van der Waals surface area contributed by atoms with Crippen LogP contribution in [0.4, 0.5) is 15.0 Å². The molecule has 0 aromatic carbocycles. The third-order valence-electron chi connectivity index (χ3n) is 4.07. The molecule has 140 valence electrons. The van der Waals surface area contributed by atoms with Gasteiger partial charge < -0.3 is 19.7 Å². The summed E-state index contributed by atoms with van der Waals surface area (Å²) in [5.41, 5.74) is -0.955. The van der Waals surface area contributed by atoms with Gasteiger partial charge in [0.05, 0.1) is 18.9 Å². The zero-order chi connectivity index (χ0) is 18.7. The van der Waals surface area contributed by atoms with Crippen LogP contribution in [0.1, 0.15) is 33.4 Å². The molecule has 0 unspecified atom stereocenters. The van der Waals surface area contributed by atoms with Gasteiger partial charge in [-0.15, -0.1) is 0 Å². The number of aliphatic hydroxyl groups excluding tert-OH is 2. The summed E-state index contributed by atoms with van der Waals surface area (Å²) in [5.74, 6) is -1.45. The molecule has 3 N–H and O–H groups in total. The van der Waals surface area contributed by atoms with Crippen LogP contribution in [0.2, 0.25) is 0 Å². The molecule has 10 heteroatoms.